The standard InChI is InChI=1S/C41H50F2N6O8/c1-23-9-11-26(12-10-23)19-35(50)45-30(18-27-16-28(42)20-29(43)17-27)36(51)46-31-22-57-41(56)34-15-24(2)21-49(34)38(53)25(3)44-37(52)32-7-4-5-13-47(32)40(55)33-8-6-14-48(33)39(31)54/h9-12,16-17,20,24-25,30-34H,4-8,13-15,18-19,21-22H2,1-3H3,(H,44,52)(H,45,50)(H,46,51)/t24-,25-,30-,31-,32-,33-,34-/m0/s1. The van der Waals surface area contributed by atoms with Crippen LogP contribution in [0.5, 0.6) is 0 Å². The second kappa shape index (κ2) is 17.8. The van der Waals surface area contributed by atoms with Gasteiger partial charge in [-0.3, -0.25) is 28.8 Å². The van der Waals surface area contributed by atoms with E-state index in [2.05, 4.69) is 16.0 Å². The zero-order chi connectivity index (χ0) is 41.0. The van der Waals surface area contributed by atoms with E-state index in [9.17, 15) is 42.3 Å². The summed E-state index contributed by atoms with van der Waals surface area (Å²) in [5, 5.41) is 8.01. The van der Waals surface area contributed by atoms with Crippen LogP contribution in [-0.2, 0) is 51.1 Å². The average Bonchev–Trinajstić information content (AvgIpc) is 3.82. The molecule has 0 bridgehead atoms. The van der Waals surface area contributed by atoms with E-state index in [0.29, 0.717) is 37.3 Å². The monoisotopic (exact) mass is 792 g/mol. The SMILES string of the molecule is Cc1ccc(CC(=O)N[C@@H](Cc2cc(F)cc(F)c2)C(=O)N[C@H]2COC(=O)[C@@H]3C[C@H](C)CN3C(=O)[C@H](C)NC(=O)[C@@H]3CCCCN3C(=O)[C@@H]3CCCN3C2=O)cc1. The number of nitrogens with one attached hydrogen (secondary N) is 3. The highest BCUT2D eigenvalue weighted by molar-refractivity contribution is 5.98. The fourth-order valence-electron chi connectivity index (χ4n) is 8.30. The number of aryl methyl sites for hydroxylation is 1. The Morgan fingerprint density at radius 3 is 2.21 bits per heavy atom. The highest BCUT2D eigenvalue weighted by Crippen LogP contribution is 2.28. The Labute approximate surface area is 330 Å². The number of fused-ring (bicyclic) bond motifs is 3. The van der Waals surface area contributed by atoms with Gasteiger partial charge in [-0.2, -0.15) is 0 Å². The van der Waals surface area contributed by atoms with Crippen LogP contribution in [-0.4, -0.2) is 119 Å². The number of hydrogen-bond donors (Lipinski definition) is 3. The van der Waals surface area contributed by atoms with Crippen molar-refractivity contribution in [3.63, 3.8) is 0 Å². The Hall–Kier alpha value is -5.41. The van der Waals surface area contributed by atoms with E-state index in [-0.39, 0.29) is 56.8 Å². The number of cyclic esters (lactones) is 1. The van der Waals surface area contributed by atoms with Gasteiger partial charge in [0.25, 0.3) is 0 Å². The molecular formula is C41H50F2N6O8. The van der Waals surface area contributed by atoms with Gasteiger partial charge in [-0.1, -0.05) is 36.8 Å². The van der Waals surface area contributed by atoms with E-state index >= 15 is 0 Å². The van der Waals surface area contributed by atoms with Crippen LogP contribution in [0, 0.1) is 24.5 Å². The molecule has 4 aliphatic heterocycles. The Balaban J connectivity index is 1.31. The second-order valence-corrected chi connectivity index (χ2v) is 15.8. The summed E-state index contributed by atoms with van der Waals surface area (Å²) in [7, 11) is 0. The molecule has 57 heavy (non-hydrogen) atoms. The van der Waals surface area contributed by atoms with E-state index in [1.54, 1.807) is 12.1 Å². The van der Waals surface area contributed by atoms with E-state index in [4.69, 9.17) is 4.74 Å². The molecule has 0 radical (unpaired) electrons. The lowest BCUT2D eigenvalue weighted by Crippen LogP contribution is -2.62. The zero-order valence-corrected chi connectivity index (χ0v) is 32.4. The van der Waals surface area contributed by atoms with Gasteiger partial charge in [-0.15, -0.1) is 0 Å². The highest BCUT2D eigenvalue weighted by Gasteiger charge is 2.46. The molecule has 3 N–H and O–H groups in total. The summed E-state index contributed by atoms with van der Waals surface area (Å²) in [6.07, 6.45) is 2.17. The van der Waals surface area contributed by atoms with Gasteiger partial charge in [0.05, 0.1) is 6.42 Å². The lowest BCUT2D eigenvalue weighted by molar-refractivity contribution is -0.158. The van der Waals surface area contributed by atoms with Crippen molar-refractivity contribution in [1.82, 2.24) is 30.7 Å². The van der Waals surface area contributed by atoms with Crippen LogP contribution in [0.25, 0.3) is 0 Å². The smallest absolute Gasteiger partial charge is 0.328 e. The van der Waals surface area contributed by atoms with E-state index in [1.165, 1.54) is 21.6 Å². The third kappa shape index (κ3) is 9.77. The molecule has 0 saturated carbocycles. The number of hydrogen-bond acceptors (Lipinski definition) is 8. The van der Waals surface area contributed by atoms with Gasteiger partial charge < -0.3 is 35.4 Å². The molecule has 6 rings (SSSR count). The fourth-order valence-corrected chi connectivity index (χ4v) is 8.30. The molecule has 0 aromatic heterocycles. The van der Waals surface area contributed by atoms with Crippen LogP contribution in [0.2, 0.25) is 0 Å². The van der Waals surface area contributed by atoms with Gasteiger partial charge in [-0.25, -0.2) is 13.6 Å². The molecule has 6 amide bonds. The molecule has 306 valence electrons. The van der Waals surface area contributed by atoms with Crippen molar-refractivity contribution in [1.29, 1.82) is 0 Å². The number of esters is 1. The summed E-state index contributed by atoms with van der Waals surface area (Å²) in [4.78, 5) is 101. The first-order valence-electron chi connectivity index (χ1n) is 19.7. The molecule has 7 atom stereocenters. The van der Waals surface area contributed by atoms with E-state index in [0.717, 1.165) is 17.7 Å². The van der Waals surface area contributed by atoms with Crippen LogP contribution >= 0.6 is 0 Å². The molecule has 0 aliphatic carbocycles. The van der Waals surface area contributed by atoms with Crippen LogP contribution in [0.15, 0.2) is 42.5 Å². The lowest BCUT2D eigenvalue weighted by atomic mass is 9.99. The van der Waals surface area contributed by atoms with Gasteiger partial charge in [0, 0.05) is 32.1 Å². The maximum Gasteiger partial charge on any atom is 0.328 e. The minimum Gasteiger partial charge on any atom is -0.461 e. The largest absolute Gasteiger partial charge is 0.461 e. The van der Waals surface area contributed by atoms with Crippen LogP contribution < -0.4 is 16.0 Å². The van der Waals surface area contributed by atoms with Gasteiger partial charge in [0.2, 0.25) is 35.4 Å². The molecule has 14 nitrogen and oxygen atoms in total. The molecule has 2 aromatic rings. The first-order valence-corrected chi connectivity index (χ1v) is 19.7. The summed E-state index contributed by atoms with van der Waals surface area (Å²) in [5.74, 6) is -6.38. The predicted octanol–water partition coefficient (Wildman–Crippen LogP) is 1.70. The molecule has 4 heterocycles. The van der Waals surface area contributed by atoms with E-state index < -0.39 is 95.9 Å². The topological polar surface area (TPSA) is 175 Å². The van der Waals surface area contributed by atoms with Crippen molar-refractivity contribution in [2.45, 2.75) is 108 Å². The Morgan fingerprint density at radius 2 is 1.49 bits per heavy atom. The van der Waals surface area contributed by atoms with Crippen molar-refractivity contribution in [3.05, 3.63) is 70.8 Å². The molecule has 4 aliphatic rings. The number of benzene rings is 2. The van der Waals surface area contributed by atoms with Gasteiger partial charge >= 0.3 is 5.97 Å². The van der Waals surface area contributed by atoms with Crippen LogP contribution in [0.1, 0.15) is 69.1 Å². The maximum atomic E-state index is 14.5. The minimum absolute atomic E-state index is 0.0543. The molecule has 4 fully saturated rings. The molecule has 16 heteroatoms. The van der Waals surface area contributed by atoms with Gasteiger partial charge in [-0.05, 0) is 81.5 Å². The summed E-state index contributed by atoms with van der Waals surface area (Å²) in [6.45, 7) is 5.23. The zero-order valence-electron chi connectivity index (χ0n) is 32.4. The first-order chi connectivity index (χ1) is 27.2. The Kier molecular flexibility index (Phi) is 12.9. The number of rotatable bonds is 7. The highest BCUT2D eigenvalue weighted by atomic mass is 19.1. The number of carbonyl (C=O) groups is 7. The molecule has 2 aromatic carbocycles. The van der Waals surface area contributed by atoms with Gasteiger partial charge in [0.1, 0.15) is 54.5 Å². The number of piperidine rings is 1. The number of halogens is 2. The Bertz CT molecular complexity index is 1870. The summed E-state index contributed by atoms with van der Waals surface area (Å²) < 4.78 is 34.3. The van der Waals surface area contributed by atoms with Crippen molar-refractivity contribution >= 4 is 41.4 Å². The summed E-state index contributed by atoms with van der Waals surface area (Å²) in [5.41, 5.74) is 1.68. The number of ether oxygens (including phenoxy) is 1. The van der Waals surface area contributed by atoms with Crippen molar-refractivity contribution < 1.29 is 47.1 Å². The fraction of sp³-hybridized carbons (Fsp3) is 0.537. The second-order valence-electron chi connectivity index (χ2n) is 15.8. The molecule has 0 spiro atoms. The normalized spacial score (nSPS) is 26.5. The van der Waals surface area contributed by atoms with Gasteiger partial charge in [0.15, 0.2) is 0 Å². The third-order valence-corrected chi connectivity index (χ3v) is 11.2. The van der Waals surface area contributed by atoms with Crippen molar-refractivity contribution in [3.8, 4) is 0 Å². The lowest BCUT2D eigenvalue weighted by Gasteiger charge is -2.39. The van der Waals surface area contributed by atoms with Crippen LogP contribution in [0.4, 0.5) is 8.78 Å². The predicted molar refractivity (Wildman–Crippen MR) is 201 cm³/mol. The van der Waals surface area contributed by atoms with Crippen LogP contribution in [0.3, 0.4) is 0 Å². The third-order valence-electron chi connectivity index (χ3n) is 11.2. The quantitative estimate of drug-likeness (QED) is 0.356. The first kappa shape index (κ1) is 41.2. The molecular weight excluding hydrogens is 742 g/mol. The number of nitrogens with zero attached hydrogens (tertiary/aromatic N) is 3. The number of carbonyl (C=O) groups excluding carboxylic acids is 7. The Morgan fingerprint density at radius 1 is 0.825 bits per heavy atom. The van der Waals surface area contributed by atoms with Crippen molar-refractivity contribution in [2.75, 3.05) is 26.2 Å². The average molecular weight is 793 g/mol. The minimum atomic E-state index is -1.56. The van der Waals surface area contributed by atoms with Crippen molar-refractivity contribution in [2.24, 2.45) is 5.92 Å². The summed E-state index contributed by atoms with van der Waals surface area (Å²) in [6, 6.07) is 2.97. The molecule has 4 saturated heterocycles. The van der Waals surface area contributed by atoms with E-state index in [1.807, 2.05) is 26.0 Å². The maximum absolute atomic E-state index is 14.5. The number of amides is 6. The molecule has 0 unspecified atom stereocenters. The summed E-state index contributed by atoms with van der Waals surface area (Å²) >= 11 is 0.